The van der Waals surface area contributed by atoms with E-state index in [1.165, 1.54) is 0 Å². The Balaban J connectivity index is 1.70. The molecule has 2 aromatic heterocycles. The summed E-state index contributed by atoms with van der Waals surface area (Å²) in [6.07, 6.45) is 3.67. The van der Waals surface area contributed by atoms with Crippen molar-refractivity contribution >= 4 is 50.1 Å². The maximum Gasteiger partial charge on any atom is 0.150 e. The molecule has 0 unspecified atom stereocenters. The van der Waals surface area contributed by atoms with Gasteiger partial charge in [0.1, 0.15) is 17.9 Å². The van der Waals surface area contributed by atoms with Crippen molar-refractivity contribution in [3.05, 3.63) is 94.8 Å². The van der Waals surface area contributed by atoms with Crippen molar-refractivity contribution in [1.29, 1.82) is 0 Å². The molecule has 32 heavy (non-hydrogen) atoms. The van der Waals surface area contributed by atoms with E-state index in [1.807, 2.05) is 48.5 Å². The van der Waals surface area contributed by atoms with Gasteiger partial charge in [-0.15, -0.1) is 0 Å². The summed E-state index contributed by atoms with van der Waals surface area (Å²) < 4.78 is 8.37. The van der Waals surface area contributed by atoms with Crippen LogP contribution in [0, 0.1) is 0 Å². The van der Waals surface area contributed by atoms with Crippen LogP contribution in [0.2, 0.25) is 5.02 Å². The fourth-order valence-electron chi connectivity index (χ4n) is 3.67. The number of fused-ring (bicyclic) bond motifs is 1. The molecule has 5 aromatic rings. The molecule has 0 saturated carbocycles. The second-order valence-corrected chi connectivity index (χ2v) is 8.47. The van der Waals surface area contributed by atoms with Crippen LogP contribution in [0.15, 0.2) is 89.8 Å². The highest BCUT2D eigenvalue weighted by Crippen LogP contribution is 2.37. The molecular formula is C25H18BrClN4O. The number of nitrogens with one attached hydrogen (secondary N) is 1. The molecule has 0 saturated heterocycles. The first-order valence-corrected chi connectivity index (χ1v) is 11.1. The Labute approximate surface area is 198 Å². The molecule has 0 radical (unpaired) electrons. The maximum absolute atomic E-state index is 6.33. The largest absolute Gasteiger partial charge is 0.495 e. The molecule has 1 N–H and O–H groups in total. The highest BCUT2D eigenvalue weighted by Gasteiger charge is 2.18. The normalized spacial score (nSPS) is 11.0. The third kappa shape index (κ3) is 3.83. The third-order valence-electron chi connectivity index (χ3n) is 5.19. The summed E-state index contributed by atoms with van der Waals surface area (Å²) in [7, 11) is 1.60. The highest BCUT2D eigenvalue weighted by molar-refractivity contribution is 9.10. The first-order valence-electron chi connectivity index (χ1n) is 9.92. The summed E-state index contributed by atoms with van der Waals surface area (Å²) in [6.45, 7) is 0. The molecule has 0 aliphatic carbocycles. The van der Waals surface area contributed by atoms with Gasteiger partial charge in [0, 0.05) is 27.6 Å². The number of hydrogen-bond acceptors (Lipinski definition) is 4. The Kier molecular flexibility index (Phi) is 5.55. The molecule has 0 aliphatic heterocycles. The summed E-state index contributed by atoms with van der Waals surface area (Å²) in [5.41, 5.74) is 4.75. The number of ether oxygens (including phenoxy) is 1. The minimum absolute atomic E-state index is 0.526. The quantitative estimate of drug-likeness (QED) is 0.273. The van der Waals surface area contributed by atoms with Gasteiger partial charge in [-0.1, -0.05) is 57.9 Å². The Morgan fingerprint density at radius 2 is 1.75 bits per heavy atom. The number of methoxy groups -OCH3 is 1. The lowest BCUT2D eigenvalue weighted by Gasteiger charge is -2.10. The van der Waals surface area contributed by atoms with Gasteiger partial charge >= 0.3 is 0 Å². The number of rotatable bonds is 5. The summed E-state index contributed by atoms with van der Waals surface area (Å²) in [5.74, 6) is 1.32. The lowest BCUT2D eigenvalue weighted by Crippen LogP contribution is -1.98. The summed E-state index contributed by atoms with van der Waals surface area (Å²) in [4.78, 5) is 9.19. The van der Waals surface area contributed by atoms with Crippen molar-refractivity contribution in [1.82, 2.24) is 14.5 Å². The van der Waals surface area contributed by atoms with E-state index >= 15 is 0 Å². The minimum atomic E-state index is 0.526. The zero-order chi connectivity index (χ0) is 22.1. The van der Waals surface area contributed by atoms with Gasteiger partial charge in [0.25, 0.3) is 0 Å². The van der Waals surface area contributed by atoms with Gasteiger partial charge in [-0.3, -0.25) is 0 Å². The van der Waals surface area contributed by atoms with E-state index in [2.05, 4.69) is 66.2 Å². The second kappa shape index (κ2) is 8.65. The number of benzene rings is 3. The zero-order valence-corrected chi connectivity index (χ0v) is 19.4. The smallest absolute Gasteiger partial charge is 0.150 e. The monoisotopic (exact) mass is 504 g/mol. The minimum Gasteiger partial charge on any atom is -0.495 e. The summed E-state index contributed by atoms with van der Waals surface area (Å²) >= 11 is 9.84. The van der Waals surface area contributed by atoms with Crippen LogP contribution in [0.1, 0.15) is 0 Å². The maximum atomic E-state index is 6.33. The SMILES string of the molecule is COc1ccc(Nc2ncnc3c2c(-c2ccccc2)cn3-c2ccc(Br)cc2)cc1Cl. The van der Waals surface area contributed by atoms with Crippen LogP contribution < -0.4 is 10.1 Å². The molecule has 0 atom stereocenters. The van der Waals surface area contributed by atoms with Crippen LogP contribution in [0.5, 0.6) is 5.75 Å². The average molecular weight is 506 g/mol. The second-order valence-electron chi connectivity index (χ2n) is 7.15. The van der Waals surface area contributed by atoms with Gasteiger partial charge in [0.2, 0.25) is 0 Å². The van der Waals surface area contributed by atoms with Crippen molar-refractivity contribution in [2.45, 2.75) is 0 Å². The van der Waals surface area contributed by atoms with E-state index < -0.39 is 0 Å². The molecule has 0 bridgehead atoms. The lowest BCUT2D eigenvalue weighted by atomic mass is 10.1. The molecular weight excluding hydrogens is 488 g/mol. The number of anilines is 2. The fourth-order valence-corrected chi connectivity index (χ4v) is 4.19. The molecule has 5 nitrogen and oxygen atoms in total. The molecule has 7 heteroatoms. The fraction of sp³-hybridized carbons (Fsp3) is 0.0400. The van der Waals surface area contributed by atoms with Crippen molar-refractivity contribution in [3.8, 4) is 22.6 Å². The Morgan fingerprint density at radius 3 is 2.47 bits per heavy atom. The van der Waals surface area contributed by atoms with Crippen LogP contribution in [-0.4, -0.2) is 21.6 Å². The topological polar surface area (TPSA) is 52.0 Å². The van der Waals surface area contributed by atoms with Crippen LogP contribution in [0.3, 0.4) is 0 Å². The van der Waals surface area contributed by atoms with Gasteiger partial charge in [0.15, 0.2) is 5.65 Å². The summed E-state index contributed by atoms with van der Waals surface area (Å²) in [5, 5.41) is 4.86. The van der Waals surface area contributed by atoms with Crippen molar-refractivity contribution < 1.29 is 4.74 Å². The first kappa shape index (κ1) is 20.5. The first-order chi connectivity index (χ1) is 15.6. The zero-order valence-electron chi connectivity index (χ0n) is 17.1. The van der Waals surface area contributed by atoms with E-state index in [1.54, 1.807) is 13.4 Å². The average Bonchev–Trinajstić information content (AvgIpc) is 3.21. The van der Waals surface area contributed by atoms with Gasteiger partial charge in [-0.25, -0.2) is 9.97 Å². The van der Waals surface area contributed by atoms with E-state index in [-0.39, 0.29) is 0 Å². The predicted octanol–water partition coefficient (Wildman–Crippen LogP) is 7.26. The molecule has 0 spiro atoms. The Morgan fingerprint density at radius 1 is 0.969 bits per heavy atom. The number of halogens is 2. The standard InChI is InChI=1S/C25H18BrClN4O/c1-32-22-12-9-18(13-21(22)27)30-24-23-20(16-5-3-2-4-6-16)14-31(25(23)29-15-28-24)19-10-7-17(26)8-11-19/h2-15H,1H3,(H,28,29,30). The van der Waals surface area contributed by atoms with Gasteiger partial charge in [-0.2, -0.15) is 0 Å². The Hall–Kier alpha value is -3.35. The van der Waals surface area contributed by atoms with Gasteiger partial charge in [0.05, 0.1) is 17.5 Å². The van der Waals surface area contributed by atoms with E-state index in [4.69, 9.17) is 16.3 Å². The summed E-state index contributed by atoms with van der Waals surface area (Å²) in [6, 6.07) is 23.9. The molecule has 0 fully saturated rings. The molecule has 2 heterocycles. The highest BCUT2D eigenvalue weighted by atomic mass is 79.9. The van der Waals surface area contributed by atoms with Crippen molar-refractivity contribution in [2.75, 3.05) is 12.4 Å². The van der Waals surface area contributed by atoms with Gasteiger partial charge < -0.3 is 14.6 Å². The molecule has 0 amide bonds. The number of aromatic nitrogens is 3. The van der Waals surface area contributed by atoms with E-state index in [9.17, 15) is 0 Å². The van der Waals surface area contributed by atoms with Crippen LogP contribution in [0.4, 0.5) is 11.5 Å². The van der Waals surface area contributed by atoms with Crippen LogP contribution >= 0.6 is 27.5 Å². The van der Waals surface area contributed by atoms with Gasteiger partial charge in [-0.05, 0) is 48.0 Å². The predicted molar refractivity (Wildman–Crippen MR) is 133 cm³/mol. The molecule has 158 valence electrons. The molecule has 3 aromatic carbocycles. The van der Waals surface area contributed by atoms with Crippen molar-refractivity contribution in [3.63, 3.8) is 0 Å². The van der Waals surface area contributed by atoms with Crippen LogP contribution in [0.25, 0.3) is 27.8 Å². The van der Waals surface area contributed by atoms with E-state index in [0.29, 0.717) is 16.6 Å². The molecule has 0 aliphatic rings. The lowest BCUT2D eigenvalue weighted by molar-refractivity contribution is 0.415. The number of nitrogens with zero attached hydrogens (tertiary/aromatic N) is 3. The number of hydrogen-bond donors (Lipinski definition) is 1. The molecule has 5 rings (SSSR count). The third-order valence-corrected chi connectivity index (χ3v) is 6.01. The Bertz CT molecular complexity index is 1400. The van der Waals surface area contributed by atoms with Crippen LogP contribution in [-0.2, 0) is 0 Å². The van der Waals surface area contributed by atoms with E-state index in [0.717, 1.165) is 38.0 Å². The van der Waals surface area contributed by atoms with Crippen molar-refractivity contribution in [2.24, 2.45) is 0 Å².